The molecule has 1 aromatic rings. The van der Waals surface area contributed by atoms with E-state index in [1.807, 2.05) is 44.2 Å². The molecule has 0 aromatic heterocycles. The molecule has 0 aliphatic rings. The molecule has 0 fully saturated rings. The summed E-state index contributed by atoms with van der Waals surface area (Å²) < 4.78 is 0. The minimum Gasteiger partial charge on any atom is -0.480 e. The van der Waals surface area contributed by atoms with Crippen LogP contribution in [0.4, 0.5) is 0 Å². The number of carbonyl (C=O) groups excluding carboxylic acids is 2. The third kappa shape index (κ3) is 7.23. The Hall–Kier alpha value is -2.41. The number of aliphatic carboxylic acids is 1. The summed E-state index contributed by atoms with van der Waals surface area (Å²) >= 11 is 0. The lowest BCUT2D eigenvalue weighted by atomic mass is 10.0. The van der Waals surface area contributed by atoms with Crippen LogP contribution in [0.5, 0.6) is 0 Å². The van der Waals surface area contributed by atoms with Crippen molar-refractivity contribution in [2.24, 2.45) is 11.7 Å². The highest BCUT2D eigenvalue weighted by Crippen LogP contribution is 2.07. The van der Waals surface area contributed by atoms with Gasteiger partial charge in [-0.05, 0) is 24.3 Å². The maximum Gasteiger partial charge on any atom is 0.322 e. The first-order valence-corrected chi connectivity index (χ1v) is 7.89. The first kappa shape index (κ1) is 19.6. The van der Waals surface area contributed by atoms with Crippen LogP contribution in [0.3, 0.4) is 0 Å². The zero-order valence-electron chi connectivity index (χ0n) is 14.0. The van der Waals surface area contributed by atoms with Gasteiger partial charge in [-0.1, -0.05) is 44.2 Å². The molecule has 0 saturated heterocycles. The van der Waals surface area contributed by atoms with Crippen molar-refractivity contribution in [3.05, 3.63) is 35.9 Å². The molecular weight excluding hydrogens is 310 g/mol. The second-order valence-corrected chi connectivity index (χ2v) is 6.10. The Bertz CT molecular complexity index is 560. The number of rotatable bonds is 9. The van der Waals surface area contributed by atoms with Gasteiger partial charge in [-0.25, -0.2) is 0 Å². The van der Waals surface area contributed by atoms with Gasteiger partial charge in [0.15, 0.2) is 0 Å². The number of carboxylic acid groups (broad SMARTS) is 1. The summed E-state index contributed by atoms with van der Waals surface area (Å²) in [5.74, 6) is -1.95. The van der Waals surface area contributed by atoms with Crippen LogP contribution in [-0.4, -0.2) is 41.5 Å². The van der Waals surface area contributed by atoms with Gasteiger partial charge in [0.25, 0.3) is 0 Å². The average molecular weight is 335 g/mol. The highest BCUT2D eigenvalue weighted by Gasteiger charge is 2.24. The SMILES string of the molecule is CC(C)CC(NC(=O)C(N)Cc1ccccc1)C(=O)NCC(=O)O. The Morgan fingerprint density at radius 2 is 1.75 bits per heavy atom. The number of hydrogen-bond donors (Lipinski definition) is 4. The summed E-state index contributed by atoms with van der Waals surface area (Å²) in [7, 11) is 0. The molecule has 0 saturated carbocycles. The van der Waals surface area contributed by atoms with Crippen molar-refractivity contribution in [3.63, 3.8) is 0 Å². The van der Waals surface area contributed by atoms with Crippen LogP contribution in [0, 0.1) is 5.92 Å². The maximum atomic E-state index is 12.2. The van der Waals surface area contributed by atoms with E-state index in [1.165, 1.54) is 0 Å². The Morgan fingerprint density at radius 1 is 1.12 bits per heavy atom. The lowest BCUT2D eigenvalue weighted by molar-refractivity contribution is -0.138. The van der Waals surface area contributed by atoms with Gasteiger partial charge in [-0.15, -0.1) is 0 Å². The number of nitrogens with two attached hydrogens (primary N) is 1. The molecule has 2 amide bonds. The number of amides is 2. The average Bonchev–Trinajstić information content (AvgIpc) is 2.52. The largest absolute Gasteiger partial charge is 0.480 e. The van der Waals surface area contributed by atoms with E-state index in [9.17, 15) is 14.4 Å². The quantitative estimate of drug-likeness (QED) is 0.517. The summed E-state index contributed by atoms with van der Waals surface area (Å²) in [6, 6.07) is 7.76. The summed E-state index contributed by atoms with van der Waals surface area (Å²) in [5, 5.41) is 13.5. The van der Waals surface area contributed by atoms with Crippen molar-refractivity contribution < 1.29 is 19.5 Å². The minimum atomic E-state index is -1.14. The van der Waals surface area contributed by atoms with Crippen molar-refractivity contribution in [1.29, 1.82) is 0 Å². The maximum absolute atomic E-state index is 12.2. The predicted molar refractivity (Wildman–Crippen MR) is 90.2 cm³/mol. The number of carboxylic acids is 1. The van der Waals surface area contributed by atoms with Crippen molar-refractivity contribution in [1.82, 2.24) is 10.6 Å². The van der Waals surface area contributed by atoms with E-state index >= 15 is 0 Å². The van der Waals surface area contributed by atoms with Crippen LogP contribution < -0.4 is 16.4 Å². The minimum absolute atomic E-state index is 0.149. The summed E-state index contributed by atoms with van der Waals surface area (Å²) in [5.41, 5.74) is 6.84. The third-order valence-corrected chi connectivity index (χ3v) is 3.39. The van der Waals surface area contributed by atoms with Crippen LogP contribution in [0.1, 0.15) is 25.8 Å². The molecule has 2 atom stereocenters. The second-order valence-electron chi connectivity index (χ2n) is 6.10. The smallest absolute Gasteiger partial charge is 0.322 e. The van der Waals surface area contributed by atoms with E-state index in [0.29, 0.717) is 12.8 Å². The van der Waals surface area contributed by atoms with Crippen molar-refractivity contribution in [2.45, 2.75) is 38.8 Å². The van der Waals surface area contributed by atoms with Crippen molar-refractivity contribution >= 4 is 17.8 Å². The fraction of sp³-hybridized carbons (Fsp3) is 0.471. The van der Waals surface area contributed by atoms with Crippen LogP contribution in [-0.2, 0) is 20.8 Å². The molecule has 0 aliphatic heterocycles. The van der Waals surface area contributed by atoms with Crippen molar-refractivity contribution in [3.8, 4) is 0 Å². The van der Waals surface area contributed by atoms with E-state index in [1.54, 1.807) is 0 Å². The lowest BCUT2D eigenvalue weighted by Gasteiger charge is -2.22. The van der Waals surface area contributed by atoms with E-state index in [2.05, 4.69) is 10.6 Å². The predicted octanol–water partition coefficient (Wildman–Crippen LogP) is 0.288. The molecule has 7 nitrogen and oxygen atoms in total. The molecule has 132 valence electrons. The summed E-state index contributed by atoms with van der Waals surface area (Å²) in [6.45, 7) is 3.33. The molecule has 0 radical (unpaired) electrons. The van der Waals surface area contributed by atoms with Gasteiger partial charge in [0.05, 0.1) is 6.04 Å². The van der Waals surface area contributed by atoms with Crippen LogP contribution in [0.2, 0.25) is 0 Å². The van der Waals surface area contributed by atoms with Crippen LogP contribution in [0.15, 0.2) is 30.3 Å². The third-order valence-electron chi connectivity index (χ3n) is 3.39. The number of benzene rings is 1. The van der Waals surface area contributed by atoms with E-state index in [0.717, 1.165) is 5.56 Å². The topological polar surface area (TPSA) is 122 Å². The normalized spacial score (nSPS) is 13.2. The molecular formula is C17H25N3O4. The zero-order valence-corrected chi connectivity index (χ0v) is 14.0. The highest BCUT2D eigenvalue weighted by molar-refractivity contribution is 5.91. The zero-order chi connectivity index (χ0) is 18.1. The second kappa shape index (κ2) is 9.67. The van der Waals surface area contributed by atoms with Gasteiger partial charge in [-0.2, -0.15) is 0 Å². The molecule has 0 heterocycles. The number of carbonyl (C=O) groups is 3. The van der Waals surface area contributed by atoms with E-state index in [-0.39, 0.29) is 5.92 Å². The van der Waals surface area contributed by atoms with Crippen LogP contribution in [0.25, 0.3) is 0 Å². The lowest BCUT2D eigenvalue weighted by Crippen LogP contribution is -2.53. The van der Waals surface area contributed by atoms with Crippen LogP contribution >= 0.6 is 0 Å². The monoisotopic (exact) mass is 335 g/mol. The summed E-state index contributed by atoms with van der Waals surface area (Å²) in [4.78, 5) is 34.9. The Morgan fingerprint density at radius 3 is 2.29 bits per heavy atom. The molecule has 5 N–H and O–H groups in total. The first-order valence-electron chi connectivity index (χ1n) is 7.89. The Balaban J connectivity index is 2.65. The fourth-order valence-electron chi connectivity index (χ4n) is 2.23. The molecule has 0 spiro atoms. The van der Waals surface area contributed by atoms with Gasteiger partial charge in [0, 0.05) is 0 Å². The van der Waals surface area contributed by atoms with Gasteiger partial charge in [0.1, 0.15) is 12.6 Å². The molecule has 1 rings (SSSR count). The fourth-order valence-corrected chi connectivity index (χ4v) is 2.23. The van der Waals surface area contributed by atoms with Gasteiger partial charge in [0.2, 0.25) is 11.8 Å². The van der Waals surface area contributed by atoms with E-state index < -0.39 is 36.4 Å². The molecule has 0 bridgehead atoms. The van der Waals surface area contributed by atoms with Crippen molar-refractivity contribution in [2.75, 3.05) is 6.54 Å². The van der Waals surface area contributed by atoms with Gasteiger partial charge in [-0.3, -0.25) is 14.4 Å². The van der Waals surface area contributed by atoms with Gasteiger partial charge >= 0.3 is 5.97 Å². The first-order chi connectivity index (χ1) is 11.3. The molecule has 1 aromatic carbocycles. The number of hydrogen-bond acceptors (Lipinski definition) is 4. The standard InChI is InChI=1S/C17H25N3O4/c1-11(2)8-14(17(24)19-10-15(21)22)20-16(23)13(18)9-12-6-4-3-5-7-12/h3-7,11,13-14H,8-10,18H2,1-2H3,(H,19,24)(H,20,23)(H,21,22). The molecule has 24 heavy (non-hydrogen) atoms. The Kier molecular flexibility index (Phi) is 7.91. The number of nitrogens with one attached hydrogen (secondary N) is 2. The molecule has 0 aliphatic carbocycles. The Labute approximate surface area is 141 Å². The van der Waals surface area contributed by atoms with E-state index in [4.69, 9.17) is 10.8 Å². The molecule has 2 unspecified atom stereocenters. The highest BCUT2D eigenvalue weighted by atomic mass is 16.4. The molecule has 7 heteroatoms. The van der Waals surface area contributed by atoms with Gasteiger partial charge < -0.3 is 21.5 Å². The summed E-state index contributed by atoms with van der Waals surface area (Å²) in [6.07, 6.45) is 0.757.